The van der Waals surface area contributed by atoms with E-state index in [1.807, 2.05) is 26.0 Å². The van der Waals surface area contributed by atoms with Gasteiger partial charge in [-0.15, -0.1) is 24.0 Å². The molecule has 1 unspecified atom stereocenters. The van der Waals surface area contributed by atoms with Gasteiger partial charge in [0.05, 0.1) is 27.9 Å². The maximum Gasteiger partial charge on any atom is 0.191 e. The standard InChI is InChI=1S/C18H31N3O4.HI/c1-7-19-18(21-13(2)12-22-3)20-9-8-15-16(24-5)10-14(23-4)11-17(15)25-6;/h10-11,13H,7-9,12H2,1-6H3,(H2,19,20,21);1H. The Morgan fingerprint density at radius 2 is 1.69 bits per heavy atom. The predicted octanol–water partition coefficient (Wildman–Crippen LogP) is 2.46. The van der Waals surface area contributed by atoms with Crippen molar-refractivity contribution in [3.05, 3.63) is 17.7 Å². The van der Waals surface area contributed by atoms with Crippen LogP contribution in [0.15, 0.2) is 17.1 Å². The second kappa shape index (κ2) is 13.7. The summed E-state index contributed by atoms with van der Waals surface area (Å²) >= 11 is 0. The molecular weight excluding hydrogens is 449 g/mol. The van der Waals surface area contributed by atoms with Gasteiger partial charge in [0.15, 0.2) is 5.96 Å². The summed E-state index contributed by atoms with van der Waals surface area (Å²) in [5.74, 6) is 2.93. The molecule has 0 aromatic heterocycles. The van der Waals surface area contributed by atoms with Crippen molar-refractivity contribution in [3.63, 3.8) is 0 Å². The normalized spacial score (nSPS) is 12.0. The molecule has 0 aliphatic rings. The number of rotatable bonds is 10. The molecule has 7 nitrogen and oxygen atoms in total. The number of hydrogen-bond donors (Lipinski definition) is 2. The SMILES string of the molecule is CCNC(=NCCc1c(OC)cc(OC)cc1OC)NC(C)COC.I. The number of guanidine groups is 1. The first-order valence-electron chi connectivity index (χ1n) is 8.42. The second-order valence-corrected chi connectivity index (χ2v) is 5.52. The van der Waals surface area contributed by atoms with E-state index in [4.69, 9.17) is 18.9 Å². The van der Waals surface area contributed by atoms with Gasteiger partial charge in [-0.25, -0.2) is 0 Å². The van der Waals surface area contributed by atoms with Gasteiger partial charge in [-0.2, -0.15) is 0 Å². The van der Waals surface area contributed by atoms with Crippen molar-refractivity contribution < 1.29 is 18.9 Å². The third-order valence-electron chi connectivity index (χ3n) is 3.59. The van der Waals surface area contributed by atoms with E-state index in [1.54, 1.807) is 28.4 Å². The maximum absolute atomic E-state index is 5.48. The zero-order chi connectivity index (χ0) is 18.7. The zero-order valence-electron chi connectivity index (χ0n) is 16.5. The van der Waals surface area contributed by atoms with Crippen molar-refractivity contribution in [1.82, 2.24) is 10.6 Å². The van der Waals surface area contributed by atoms with E-state index in [9.17, 15) is 0 Å². The molecule has 0 aliphatic carbocycles. The van der Waals surface area contributed by atoms with Gasteiger partial charge in [-0.1, -0.05) is 0 Å². The minimum absolute atomic E-state index is 0. The van der Waals surface area contributed by atoms with Gasteiger partial charge in [0, 0.05) is 43.9 Å². The van der Waals surface area contributed by atoms with Gasteiger partial charge in [-0.05, 0) is 20.3 Å². The first-order valence-corrected chi connectivity index (χ1v) is 8.42. The van der Waals surface area contributed by atoms with Crippen molar-refractivity contribution in [2.24, 2.45) is 4.99 Å². The molecule has 0 aliphatic heterocycles. The van der Waals surface area contributed by atoms with Crippen LogP contribution in [0.1, 0.15) is 19.4 Å². The summed E-state index contributed by atoms with van der Waals surface area (Å²) in [6.07, 6.45) is 0.686. The summed E-state index contributed by atoms with van der Waals surface area (Å²) in [4.78, 5) is 4.62. The Hall–Kier alpha value is -1.42. The highest BCUT2D eigenvalue weighted by Crippen LogP contribution is 2.34. The monoisotopic (exact) mass is 481 g/mol. The Balaban J connectivity index is 0.00000625. The van der Waals surface area contributed by atoms with Crippen LogP contribution in [0.3, 0.4) is 0 Å². The number of ether oxygens (including phenoxy) is 4. The summed E-state index contributed by atoms with van der Waals surface area (Å²) in [5.41, 5.74) is 0.968. The van der Waals surface area contributed by atoms with Crippen molar-refractivity contribution >= 4 is 29.9 Å². The number of methoxy groups -OCH3 is 4. The van der Waals surface area contributed by atoms with E-state index < -0.39 is 0 Å². The molecule has 0 saturated heterocycles. The first kappa shape index (κ1) is 24.6. The zero-order valence-corrected chi connectivity index (χ0v) is 18.9. The summed E-state index contributed by atoms with van der Waals surface area (Å²) in [7, 11) is 6.58. The van der Waals surface area contributed by atoms with Crippen molar-refractivity contribution in [3.8, 4) is 17.2 Å². The lowest BCUT2D eigenvalue weighted by Gasteiger charge is -2.17. The average molecular weight is 481 g/mol. The third kappa shape index (κ3) is 7.86. The lowest BCUT2D eigenvalue weighted by molar-refractivity contribution is 0.179. The molecule has 2 N–H and O–H groups in total. The van der Waals surface area contributed by atoms with Crippen LogP contribution in [-0.2, 0) is 11.2 Å². The number of benzene rings is 1. The van der Waals surface area contributed by atoms with Crippen LogP contribution in [-0.4, -0.2) is 60.1 Å². The van der Waals surface area contributed by atoms with Gasteiger partial charge < -0.3 is 29.6 Å². The largest absolute Gasteiger partial charge is 0.496 e. The molecule has 0 spiro atoms. The predicted molar refractivity (Wildman–Crippen MR) is 116 cm³/mol. The minimum atomic E-state index is 0. The fourth-order valence-corrected chi connectivity index (χ4v) is 2.45. The number of hydrogen-bond acceptors (Lipinski definition) is 5. The highest BCUT2D eigenvalue weighted by molar-refractivity contribution is 14.0. The summed E-state index contributed by atoms with van der Waals surface area (Å²) in [6.45, 7) is 6.08. The first-order chi connectivity index (χ1) is 12.1. The molecule has 1 atom stereocenters. The molecule has 1 aromatic rings. The molecule has 1 aromatic carbocycles. The highest BCUT2D eigenvalue weighted by atomic mass is 127. The van der Waals surface area contributed by atoms with E-state index in [2.05, 4.69) is 15.6 Å². The van der Waals surface area contributed by atoms with Crippen LogP contribution in [0, 0.1) is 0 Å². The van der Waals surface area contributed by atoms with E-state index in [0.717, 1.165) is 29.6 Å². The lowest BCUT2D eigenvalue weighted by Crippen LogP contribution is -2.44. The summed E-state index contributed by atoms with van der Waals surface area (Å²) < 4.78 is 21.4. The Morgan fingerprint density at radius 3 is 2.15 bits per heavy atom. The van der Waals surface area contributed by atoms with Gasteiger partial charge in [0.1, 0.15) is 17.2 Å². The molecule has 0 heterocycles. The average Bonchev–Trinajstić information content (AvgIpc) is 2.61. The lowest BCUT2D eigenvalue weighted by atomic mass is 10.1. The molecule has 0 amide bonds. The van der Waals surface area contributed by atoms with Crippen molar-refractivity contribution in [2.75, 3.05) is 48.1 Å². The number of nitrogens with one attached hydrogen (secondary N) is 2. The van der Waals surface area contributed by atoms with Crippen LogP contribution in [0.4, 0.5) is 0 Å². The van der Waals surface area contributed by atoms with Crippen molar-refractivity contribution in [2.45, 2.75) is 26.3 Å². The van der Waals surface area contributed by atoms with Gasteiger partial charge in [-0.3, -0.25) is 4.99 Å². The molecule has 1 rings (SSSR count). The molecule has 0 bridgehead atoms. The third-order valence-corrected chi connectivity index (χ3v) is 3.59. The van der Waals surface area contributed by atoms with Gasteiger partial charge in [0.25, 0.3) is 0 Å². The van der Waals surface area contributed by atoms with Gasteiger partial charge >= 0.3 is 0 Å². The fraction of sp³-hybridized carbons (Fsp3) is 0.611. The number of aliphatic imine (C=N–C) groups is 1. The van der Waals surface area contributed by atoms with Crippen molar-refractivity contribution in [1.29, 1.82) is 0 Å². The Morgan fingerprint density at radius 1 is 1.08 bits per heavy atom. The molecule has 26 heavy (non-hydrogen) atoms. The molecule has 150 valence electrons. The Kier molecular flexibility index (Phi) is 13.0. The second-order valence-electron chi connectivity index (χ2n) is 5.52. The van der Waals surface area contributed by atoms with Crippen LogP contribution >= 0.6 is 24.0 Å². The van der Waals surface area contributed by atoms with E-state index >= 15 is 0 Å². The minimum Gasteiger partial charge on any atom is -0.496 e. The van der Waals surface area contributed by atoms with E-state index in [1.165, 1.54) is 0 Å². The van der Waals surface area contributed by atoms with Crippen LogP contribution in [0.25, 0.3) is 0 Å². The smallest absolute Gasteiger partial charge is 0.191 e. The van der Waals surface area contributed by atoms with Crippen LogP contribution in [0.2, 0.25) is 0 Å². The molecule has 0 fully saturated rings. The maximum atomic E-state index is 5.48. The highest BCUT2D eigenvalue weighted by Gasteiger charge is 2.13. The van der Waals surface area contributed by atoms with E-state index in [-0.39, 0.29) is 30.0 Å². The summed E-state index contributed by atoms with van der Waals surface area (Å²) in [6, 6.07) is 3.88. The topological polar surface area (TPSA) is 73.3 Å². The molecule has 8 heteroatoms. The molecule has 0 radical (unpaired) electrons. The van der Waals surface area contributed by atoms with Crippen LogP contribution < -0.4 is 24.8 Å². The van der Waals surface area contributed by atoms with Gasteiger partial charge in [0.2, 0.25) is 0 Å². The quantitative estimate of drug-likeness (QED) is 0.304. The number of halogens is 1. The molecule has 0 saturated carbocycles. The fourth-order valence-electron chi connectivity index (χ4n) is 2.45. The number of nitrogens with zero attached hydrogens (tertiary/aromatic N) is 1. The Bertz CT molecular complexity index is 530. The Labute approximate surface area is 173 Å². The van der Waals surface area contributed by atoms with E-state index in [0.29, 0.717) is 25.3 Å². The molecular formula is C18H32IN3O4. The summed E-state index contributed by atoms with van der Waals surface area (Å²) in [5, 5.41) is 6.55. The van der Waals surface area contributed by atoms with Crippen LogP contribution in [0.5, 0.6) is 17.2 Å².